The van der Waals surface area contributed by atoms with E-state index in [1.54, 1.807) is 0 Å². The average Bonchev–Trinajstić information content (AvgIpc) is 2.97. The van der Waals surface area contributed by atoms with Gasteiger partial charge in [-0.15, -0.1) is 0 Å². The van der Waals surface area contributed by atoms with Crippen molar-refractivity contribution in [1.82, 2.24) is 10.2 Å². The molecule has 0 radical (unpaired) electrons. The Morgan fingerprint density at radius 3 is 2.36 bits per heavy atom. The first-order valence-corrected chi connectivity index (χ1v) is 7.88. The molecule has 0 saturated carbocycles. The van der Waals surface area contributed by atoms with Crippen LogP contribution in [0.15, 0.2) is 40.8 Å². The second-order valence-electron chi connectivity index (χ2n) is 4.98. The second kappa shape index (κ2) is 9.90. The van der Waals surface area contributed by atoms with Crippen LogP contribution in [0.5, 0.6) is 0 Å². The molecule has 2 aromatic rings. The summed E-state index contributed by atoms with van der Waals surface area (Å²) in [4.78, 5) is 2.40. The first kappa shape index (κ1) is 19.0. The minimum atomic E-state index is 0. The van der Waals surface area contributed by atoms with Crippen LogP contribution in [0, 0.1) is 0 Å². The van der Waals surface area contributed by atoms with E-state index in [-0.39, 0.29) is 12.4 Å². The van der Waals surface area contributed by atoms with Crippen LogP contribution >= 0.6 is 11.6 Å². The number of nitrogens with one attached hydrogen (secondary N) is 1. The number of hydrogen-bond acceptors (Lipinski definition) is 3. The molecule has 0 amide bonds. The van der Waals surface area contributed by atoms with Crippen molar-refractivity contribution >= 4 is 11.6 Å². The Balaban J connectivity index is 0.00000242. The molecule has 0 aliphatic rings. The van der Waals surface area contributed by atoms with Gasteiger partial charge in [-0.1, -0.05) is 25.4 Å². The highest BCUT2D eigenvalue weighted by molar-refractivity contribution is 6.30. The fraction of sp³-hybridized carbons (Fsp3) is 0.412. The van der Waals surface area contributed by atoms with Gasteiger partial charge in [0.05, 0.1) is 6.54 Å². The Kier molecular flexibility index (Phi) is 8.57. The predicted octanol–water partition coefficient (Wildman–Crippen LogP) is 1.04. The molecular formula is C17H23Cl2N2O-. The minimum Gasteiger partial charge on any atom is -1.00 e. The molecule has 0 fully saturated rings. The topological polar surface area (TPSA) is 28.4 Å². The van der Waals surface area contributed by atoms with Crippen molar-refractivity contribution in [2.75, 3.05) is 26.2 Å². The van der Waals surface area contributed by atoms with Crippen LogP contribution in [0.25, 0.3) is 11.3 Å². The Bertz CT molecular complexity index is 536. The lowest BCUT2D eigenvalue weighted by Gasteiger charge is -2.17. The summed E-state index contributed by atoms with van der Waals surface area (Å²) in [5, 5.41) is 4.16. The first-order valence-electron chi connectivity index (χ1n) is 7.50. The summed E-state index contributed by atoms with van der Waals surface area (Å²) in [6, 6.07) is 11.7. The second-order valence-corrected chi connectivity index (χ2v) is 5.41. The first-order chi connectivity index (χ1) is 10.2. The summed E-state index contributed by atoms with van der Waals surface area (Å²) in [6.45, 7) is 9.37. The standard InChI is InChI=1S/C17H23ClN2O.ClH/c1-3-20(4-2)12-11-19-13-16-9-10-17(21-16)14-5-7-15(18)8-6-14;/h5-10,19H,3-4,11-13H2,1-2H3;1H/p-1. The molecule has 0 aliphatic carbocycles. The van der Waals surface area contributed by atoms with Gasteiger partial charge in [-0.3, -0.25) is 0 Å². The van der Waals surface area contributed by atoms with Crippen molar-refractivity contribution in [2.24, 2.45) is 0 Å². The van der Waals surface area contributed by atoms with Crippen LogP contribution in [-0.4, -0.2) is 31.1 Å². The van der Waals surface area contributed by atoms with Gasteiger partial charge in [0.2, 0.25) is 0 Å². The lowest BCUT2D eigenvalue weighted by atomic mass is 10.2. The highest BCUT2D eigenvalue weighted by Gasteiger charge is 2.05. The fourth-order valence-electron chi connectivity index (χ4n) is 2.23. The smallest absolute Gasteiger partial charge is 0.134 e. The van der Waals surface area contributed by atoms with Crippen LogP contribution in [0.3, 0.4) is 0 Å². The zero-order chi connectivity index (χ0) is 15.1. The molecule has 1 aromatic carbocycles. The van der Waals surface area contributed by atoms with Gasteiger partial charge < -0.3 is 27.0 Å². The molecule has 0 spiro atoms. The summed E-state index contributed by atoms with van der Waals surface area (Å²) in [6.07, 6.45) is 0. The van der Waals surface area contributed by atoms with Crippen LogP contribution in [0.4, 0.5) is 0 Å². The third-order valence-electron chi connectivity index (χ3n) is 3.59. The maximum Gasteiger partial charge on any atom is 0.134 e. The third-order valence-corrected chi connectivity index (χ3v) is 3.84. The van der Waals surface area contributed by atoms with Crippen molar-refractivity contribution < 1.29 is 16.8 Å². The summed E-state index contributed by atoms with van der Waals surface area (Å²) >= 11 is 5.89. The molecule has 0 atom stereocenters. The maximum absolute atomic E-state index is 5.89. The van der Waals surface area contributed by atoms with Crippen LogP contribution in [0.1, 0.15) is 19.6 Å². The lowest BCUT2D eigenvalue weighted by Crippen LogP contribution is -3.00. The monoisotopic (exact) mass is 341 g/mol. The van der Waals surface area contributed by atoms with E-state index in [9.17, 15) is 0 Å². The number of halogens is 2. The van der Waals surface area contributed by atoms with Gasteiger partial charge in [0, 0.05) is 23.7 Å². The zero-order valence-corrected chi connectivity index (χ0v) is 14.6. The number of nitrogens with zero attached hydrogens (tertiary/aromatic N) is 1. The molecule has 2 rings (SSSR count). The molecule has 1 aromatic heterocycles. The van der Waals surface area contributed by atoms with Crippen LogP contribution < -0.4 is 17.7 Å². The Hall–Kier alpha value is -1.00. The van der Waals surface area contributed by atoms with E-state index in [0.717, 1.165) is 54.8 Å². The predicted molar refractivity (Wildman–Crippen MR) is 88.6 cm³/mol. The van der Waals surface area contributed by atoms with Crippen molar-refractivity contribution in [3.8, 4) is 11.3 Å². The van der Waals surface area contributed by atoms with E-state index in [2.05, 4.69) is 24.1 Å². The normalized spacial score (nSPS) is 10.7. The number of furan rings is 1. The van der Waals surface area contributed by atoms with Gasteiger partial charge in [0.25, 0.3) is 0 Å². The van der Waals surface area contributed by atoms with Crippen molar-refractivity contribution in [1.29, 1.82) is 0 Å². The van der Waals surface area contributed by atoms with E-state index < -0.39 is 0 Å². The van der Waals surface area contributed by atoms with E-state index in [1.807, 2.05) is 36.4 Å². The van der Waals surface area contributed by atoms with Gasteiger partial charge >= 0.3 is 0 Å². The van der Waals surface area contributed by atoms with E-state index >= 15 is 0 Å². The molecule has 22 heavy (non-hydrogen) atoms. The van der Waals surface area contributed by atoms with E-state index in [4.69, 9.17) is 16.0 Å². The quantitative estimate of drug-likeness (QED) is 0.727. The molecule has 3 nitrogen and oxygen atoms in total. The number of hydrogen-bond donors (Lipinski definition) is 1. The molecule has 5 heteroatoms. The highest BCUT2D eigenvalue weighted by atomic mass is 35.5. The molecule has 0 unspecified atom stereocenters. The molecule has 0 aliphatic heterocycles. The highest BCUT2D eigenvalue weighted by Crippen LogP contribution is 2.23. The van der Waals surface area contributed by atoms with E-state index in [1.165, 1.54) is 0 Å². The van der Waals surface area contributed by atoms with Gasteiger partial charge in [-0.25, -0.2) is 0 Å². The fourth-order valence-corrected chi connectivity index (χ4v) is 2.36. The van der Waals surface area contributed by atoms with E-state index in [0.29, 0.717) is 0 Å². The number of likely N-dealkylation sites (N-methyl/N-ethyl adjacent to an activating group) is 1. The Morgan fingerprint density at radius 2 is 1.73 bits per heavy atom. The molecule has 0 saturated heterocycles. The SMILES string of the molecule is CCN(CC)CCNCc1ccc(-c2ccc(Cl)cc2)o1.[Cl-]. The van der Waals surface area contributed by atoms with Gasteiger partial charge in [-0.2, -0.15) is 0 Å². The number of rotatable bonds is 8. The molecular weight excluding hydrogens is 319 g/mol. The maximum atomic E-state index is 5.89. The van der Waals surface area contributed by atoms with Crippen molar-refractivity contribution in [3.63, 3.8) is 0 Å². The van der Waals surface area contributed by atoms with Gasteiger partial charge in [0.1, 0.15) is 11.5 Å². The van der Waals surface area contributed by atoms with Gasteiger partial charge in [-0.05, 0) is 49.5 Å². The summed E-state index contributed by atoms with van der Waals surface area (Å²) < 4.78 is 5.85. The van der Waals surface area contributed by atoms with Crippen LogP contribution in [0.2, 0.25) is 5.02 Å². The zero-order valence-electron chi connectivity index (χ0n) is 13.1. The Morgan fingerprint density at radius 1 is 1.05 bits per heavy atom. The molecule has 122 valence electrons. The summed E-state index contributed by atoms with van der Waals surface area (Å²) in [5.41, 5.74) is 1.05. The summed E-state index contributed by atoms with van der Waals surface area (Å²) in [7, 11) is 0. The van der Waals surface area contributed by atoms with Gasteiger partial charge in [0.15, 0.2) is 0 Å². The summed E-state index contributed by atoms with van der Waals surface area (Å²) in [5.74, 6) is 1.84. The Labute approximate surface area is 144 Å². The largest absolute Gasteiger partial charge is 1.00 e. The number of benzene rings is 1. The average molecular weight is 342 g/mol. The molecule has 0 bridgehead atoms. The lowest BCUT2D eigenvalue weighted by molar-refractivity contribution is -0.00000491. The molecule has 1 N–H and O–H groups in total. The third kappa shape index (κ3) is 5.65. The van der Waals surface area contributed by atoms with Crippen LogP contribution in [-0.2, 0) is 6.54 Å². The van der Waals surface area contributed by atoms with Crippen molar-refractivity contribution in [3.05, 3.63) is 47.2 Å². The minimum absolute atomic E-state index is 0. The van der Waals surface area contributed by atoms with Crippen molar-refractivity contribution in [2.45, 2.75) is 20.4 Å². The molecule has 1 heterocycles.